The number of benzene rings is 1. The van der Waals surface area contributed by atoms with E-state index in [0.29, 0.717) is 0 Å². The van der Waals surface area contributed by atoms with Crippen molar-refractivity contribution in [1.29, 1.82) is 0 Å². The molecule has 4 atom stereocenters. The maximum absolute atomic E-state index is 14.4. The van der Waals surface area contributed by atoms with Gasteiger partial charge in [0.05, 0.1) is 12.8 Å². The molecule has 2 aromatic rings. The minimum Gasteiger partial charge on any atom is -0.493 e. The number of aromatic nitrogens is 2. The average Bonchev–Trinajstić information content (AvgIpc) is 3.01. The van der Waals surface area contributed by atoms with Crippen LogP contribution in [0.15, 0.2) is 16.9 Å². The van der Waals surface area contributed by atoms with Crippen LogP contribution in [0.2, 0.25) is 0 Å². The van der Waals surface area contributed by atoms with E-state index in [1.807, 2.05) is 0 Å². The Morgan fingerprint density at radius 1 is 1.30 bits per heavy atom. The SMILES string of the molecule is CNC(=O)c1c(C)nc([C@@H]2O[C@@](C)(C(F)(F)F)[C@@H](C)[C@H]2c2ccc(F)c(F)c2OC)[nH]c1=O. The molecular formula is C21H22F5N3O4. The summed E-state index contributed by atoms with van der Waals surface area (Å²) in [5, 5.41) is 2.28. The molecule has 1 fully saturated rings. The largest absolute Gasteiger partial charge is 0.493 e. The van der Waals surface area contributed by atoms with Crippen molar-refractivity contribution >= 4 is 5.91 Å². The highest BCUT2D eigenvalue weighted by atomic mass is 19.4. The van der Waals surface area contributed by atoms with Crippen LogP contribution in [0.4, 0.5) is 22.0 Å². The predicted octanol–water partition coefficient (Wildman–Crippen LogP) is 3.54. The van der Waals surface area contributed by atoms with Crippen LogP contribution in [0.25, 0.3) is 0 Å². The molecule has 1 aromatic heterocycles. The lowest BCUT2D eigenvalue weighted by Gasteiger charge is -2.32. The van der Waals surface area contributed by atoms with Gasteiger partial charge in [-0.2, -0.15) is 17.6 Å². The molecule has 7 nitrogen and oxygen atoms in total. The van der Waals surface area contributed by atoms with Crippen molar-refractivity contribution in [3.63, 3.8) is 0 Å². The number of rotatable bonds is 4. The second-order valence-electron chi connectivity index (χ2n) is 7.93. The molecular weight excluding hydrogens is 453 g/mol. The molecule has 2 heterocycles. The molecule has 0 radical (unpaired) electrons. The number of hydrogen-bond acceptors (Lipinski definition) is 5. The molecule has 1 aliphatic heterocycles. The van der Waals surface area contributed by atoms with E-state index < -0.39 is 58.6 Å². The van der Waals surface area contributed by atoms with E-state index >= 15 is 0 Å². The number of alkyl halides is 3. The summed E-state index contributed by atoms with van der Waals surface area (Å²) in [5.74, 6) is -6.77. The van der Waals surface area contributed by atoms with Crippen LogP contribution in [-0.4, -0.2) is 41.8 Å². The lowest BCUT2D eigenvalue weighted by molar-refractivity contribution is -0.275. The monoisotopic (exact) mass is 475 g/mol. The van der Waals surface area contributed by atoms with Crippen molar-refractivity contribution in [1.82, 2.24) is 15.3 Å². The van der Waals surface area contributed by atoms with Gasteiger partial charge in [0.1, 0.15) is 17.5 Å². The summed E-state index contributed by atoms with van der Waals surface area (Å²) in [5.41, 5.74) is -4.04. The van der Waals surface area contributed by atoms with E-state index in [0.717, 1.165) is 26.2 Å². The molecule has 0 aliphatic carbocycles. The standard InChI is InChI=1S/C21H22F5N3O4/c1-8-12(10-6-7-11(22)14(23)15(10)32-5)16(33-20(8,3)21(24,25)26)17-28-9(2)13(18(30)27-4)19(31)29-17/h6-8,12,16H,1-5H3,(H,27,30)(H,28,29,31)/t8-,12-,16+,20+/m0/s1. The molecule has 1 aliphatic rings. The first-order chi connectivity index (χ1) is 15.3. The van der Waals surface area contributed by atoms with E-state index in [2.05, 4.69) is 15.3 Å². The van der Waals surface area contributed by atoms with Gasteiger partial charge in [-0.1, -0.05) is 13.0 Å². The van der Waals surface area contributed by atoms with Crippen LogP contribution >= 0.6 is 0 Å². The van der Waals surface area contributed by atoms with Gasteiger partial charge in [0, 0.05) is 24.4 Å². The van der Waals surface area contributed by atoms with Gasteiger partial charge in [-0.15, -0.1) is 0 Å². The Labute approximate surface area is 185 Å². The number of hydrogen-bond donors (Lipinski definition) is 2. The maximum Gasteiger partial charge on any atom is 0.417 e. The number of halogens is 5. The quantitative estimate of drug-likeness (QED) is 0.660. The topological polar surface area (TPSA) is 93.3 Å². The van der Waals surface area contributed by atoms with E-state index in [-0.39, 0.29) is 22.6 Å². The third kappa shape index (κ3) is 3.85. The number of nitrogens with one attached hydrogen (secondary N) is 2. The van der Waals surface area contributed by atoms with E-state index in [1.54, 1.807) is 0 Å². The Morgan fingerprint density at radius 2 is 1.94 bits per heavy atom. The zero-order valence-corrected chi connectivity index (χ0v) is 18.4. The Hall–Kier alpha value is -3.02. The summed E-state index contributed by atoms with van der Waals surface area (Å²) in [6.45, 7) is 3.43. The fourth-order valence-corrected chi connectivity index (χ4v) is 4.18. The summed E-state index contributed by atoms with van der Waals surface area (Å²) in [4.78, 5) is 31.0. The number of methoxy groups -OCH3 is 1. The van der Waals surface area contributed by atoms with E-state index in [4.69, 9.17) is 9.47 Å². The summed E-state index contributed by atoms with van der Waals surface area (Å²) >= 11 is 0. The van der Waals surface area contributed by atoms with Gasteiger partial charge < -0.3 is 19.8 Å². The number of H-pyrrole nitrogens is 1. The number of ether oxygens (including phenoxy) is 2. The maximum atomic E-state index is 14.4. The molecule has 33 heavy (non-hydrogen) atoms. The minimum atomic E-state index is -4.84. The number of aromatic amines is 1. The van der Waals surface area contributed by atoms with Gasteiger partial charge in [-0.3, -0.25) is 9.59 Å². The smallest absolute Gasteiger partial charge is 0.417 e. The van der Waals surface area contributed by atoms with Crippen LogP contribution in [0.1, 0.15) is 53.3 Å². The lowest BCUT2D eigenvalue weighted by atomic mass is 9.77. The lowest BCUT2D eigenvalue weighted by Crippen LogP contribution is -2.46. The molecule has 1 aromatic carbocycles. The Balaban J connectivity index is 2.26. The molecule has 12 heteroatoms. The van der Waals surface area contributed by atoms with E-state index in [1.165, 1.54) is 20.9 Å². The second kappa shape index (κ2) is 8.40. The summed E-state index contributed by atoms with van der Waals surface area (Å²) in [6.07, 6.45) is -6.36. The summed E-state index contributed by atoms with van der Waals surface area (Å²) < 4.78 is 80.8. The first kappa shape index (κ1) is 24.6. The number of amides is 1. The van der Waals surface area contributed by atoms with Crippen molar-refractivity contribution in [3.8, 4) is 5.75 Å². The number of aryl methyl sites for hydroxylation is 1. The minimum absolute atomic E-state index is 0.0408. The third-order valence-electron chi connectivity index (χ3n) is 6.15. The van der Waals surface area contributed by atoms with Crippen LogP contribution < -0.4 is 15.6 Å². The van der Waals surface area contributed by atoms with Crippen LogP contribution in [0.5, 0.6) is 5.75 Å². The van der Waals surface area contributed by atoms with Gasteiger partial charge in [-0.05, 0) is 19.9 Å². The van der Waals surface area contributed by atoms with Crippen molar-refractivity contribution < 1.29 is 36.2 Å². The van der Waals surface area contributed by atoms with Crippen molar-refractivity contribution in [3.05, 3.63) is 56.8 Å². The Kier molecular flexibility index (Phi) is 6.26. The number of nitrogens with zero attached hydrogens (tertiary/aromatic N) is 1. The van der Waals surface area contributed by atoms with E-state index in [9.17, 15) is 31.5 Å². The predicted molar refractivity (Wildman–Crippen MR) is 106 cm³/mol. The molecule has 0 saturated carbocycles. The summed E-state index contributed by atoms with van der Waals surface area (Å²) in [6, 6.07) is 1.89. The first-order valence-corrected chi connectivity index (χ1v) is 9.87. The molecule has 1 saturated heterocycles. The Bertz CT molecular complexity index is 1150. The fraction of sp³-hybridized carbons (Fsp3) is 0.476. The third-order valence-corrected chi connectivity index (χ3v) is 6.15. The molecule has 3 rings (SSSR count). The van der Waals surface area contributed by atoms with Crippen molar-refractivity contribution in [2.45, 2.75) is 44.6 Å². The van der Waals surface area contributed by atoms with Gasteiger partial charge in [0.25, 0.3) is 11.5 Å². The second-order valence-corrected chi connectivity index (χ2v) is 7.93. The first-order valence-electron chi connectivity index (χ1n) is 9.87. The molecule has 0 spiro atoms. The average molecular weight is 475 g/mol. The van der Waals surface area contributed by atoms with Crippen LogP contribution in [0, 0.1) is 24.5 Å². The normalized spacial score (nSPS) is 25.2. The molecule has 2 N–H and O–H groups in total. The van der Waals surface area contributed by atoms with Crippen molar-refractivity contribution in [2.75, 3.05) is 14.2 Å². The molecule has 180 valence electrons. The van der Waals surface area contributed by atoms with Gasteiger partial charge in [0.2, 0.25) is 5.82 Å². The molecule has 0 bridgehead atoms. The summed E-state index contributed by atoms with van der Waals surface area (Å²) in [7, 11) is 2.36. The van der Waals surface area contributed by atoms with Crippen LogP contribution in [-0.2, 0) is 4.74 Å². The van der Waals surface area contributed by atoms with Gasteiger partial charge in [-0.25, -0.2) is 9.37 Å². The zero-order chi connectivity index (χ0) is 24.9. The molecule has 0 unspecified atom stereocenters. The Morgan fingerprint density at radius 3 is 2.45 bits per heavy atom. The highest BCUT2D eigenvalue weighted by Crippen LogP contribution is 2.59. The van der Waals surface area contributed by atoms with Crippen molar-refractivity contribution in [2.24, 2.45) is 5.92 Å². The van der Waals surface area contributed by atoms with Gasteiger partial charge >= 0.3 is 6.18 Å². The zero-order valence-electron chi connectivity index (χ0n) is 18.4. The highest BCUT2D eigenvalue weighted by molar-refractivity contribution is 5.94. The van der Waals surface area contributed by atoms with Gasteiger partial charge in [0.15, 0.2) is 17.2 Å². The van der Waals surface area contributed by atoms with Crippen LogP contribution in [0.3, 0.4) is 0 Å². The fourth-order valence-electron chi connectivity index (χ4n) is 4.18. The molecule has 1 amide bonds. The number of carbonyl (C=O) groups excluding carboxylic acids is 1. The number of carbonyl (C=O) groups is 1. The highest BCUT2D eigenvalue weighted by Gasteiger charge is 2.65.